The summed E-state index contributed by atoms with van der Waals surface area (Å²) in [7, 11) is 0. The Hall–Kier alpha value is -3.15. The first-order valence-electron chi connectivity index (χ1n) is 10.8. The molecule has 3 N–H and O–H groups in total. The average Bonchev–Trinajstić information content (AvgIpc) is 3.26. The SMILES string of the molecule is CC(C)(C)c1ccc(-n2nnnc2SCC(=O)Nc2ccc(NC(=O)CCC(=O)O)cc2Cl)c(Cl)c1. The van der Waals surface area contributed by atoms with Crippen molar-refractivity contribution < 1.29 is 19.5 Å². The fourth-order valence-electron chi connectivity index (χ4n) is 3.02. The minimum atomic E-state index is -1.06. The molecule has 0 aliphatic carbocycles. The Morgan fingerprint density at radius 3 is 2.39 bits per heavy atom. The Labute approximate surface area is 221 Å². The number of aliphatic carboxylic acids is 1. The number of thioether (sulfide) groups is 1. The van der Waals surface area contributed by atoms with Crippen LogP contribution in [-0.2, 0) is 19.8 Å². The summed E-state index contributed by atoms with van der Waals surface area (Å²) in [5, 5.41) is 26.7. The van der Waals surface area contributed by atoms with E-state index in [1.807, 2.05) is 18.2 Å². The maximum absolute atomic E-state index is 12.5. The summed E-state index contributed by atoms with van der Waals surface area (Å²) in [5.74, 6) is -1.85. The van der Waals surface area contributed by atoms with Gasteiger partial charge in [0.2, 0.25) is 17.0 Å². The summed E-state index contributed by atoms with van der Waals surface area (Å²) in [6.07, 6.45) is -0.433. The summed E-state index contributed by atoms with van der Waals surface area (Å²) < 4.78 is 1.47. The summed E-state index contributed by atoms with van der Waals surface area (Å²) in [4.78, 5) is 34.9. The second-order valence-electron chi connectivity index (χ2n) is 8.76. The average molecular weight is 551 g/mol. The number of nitrogens with zero attached hydrogens (tertiary/aromatic N) is 4. The van der Waals surface area contributed by atoms with Gasteiger partial charge in [-0.3, -0.25) is 14.4 Å². The molecule has 0 atom stereocenters. The number of halogens is 2. The fourth-order valence-corrected chi connectivity index (χ4v) is 4.19. The zero-order valence-electron chi connectivity index (χ0n) is 19.7. The third-order valence-corrected chi connectivity index (χ3v) is 6.44. The van der Waals surface area contributed by atoms with E-state index in [1.54, 1.807) is 6.07 Å². The summed E-state index contributed by atoms with van der Waals surface area (Å²) in [6.45, 7) is 6.27. The predicted octanol–water partition coefficient (Wildman–Crippen LogP) is 4.80. The van der Waals surface area contributed by atoms with E-state index in [2.05, 4.69) is 46.9 Å². The number of carbonyl (C=O) groups is 3. The minimum Gasteiger partial charge on any atom is -0.481 e. The van der Waals surface area contributed by atoms with Crippen molar-refractivity contribution in [2.75, 3.05) is 16.4 Å². The van der Waals surface area contributed by atoms with Gasteiger partial charge in [-0.15, -0.1) is 5.10 Å². The Bertz CT molecular complexity index is 1290. The molecule has 0 aliphatic rings. The Kier molecular flexibility index (Phi) is 8.93. The number of carboxylic acid groups (broad SMARTS) is 1. The molecule has 2 aromatic carbocycles. The Balaban J connectivity index is 1.61. The van der Waals surface area contributed by atoms with E-state index in [0.717, 1.165) is 17.3 Å². The number of amides is 2. The van der Waals surface area contributed by atoms with E-state index < -0.39 is 11.9 Å². The van der Waals surface area contributed by atoms with Gasteiger partial charge in [0, 0.05) is 12.1 Å². The van der Waals surface area contributed by atoms with Crippen LogP contribution in [0.4, 0.5) is 11.4 Å². The zero-order chi connectivity index (χ0) is 26.5. The number of carboxylic acids is 1. The van der Waals surface area contributed by atoms with Gasteiger partial charge < -0.3 is 15.7 Å². The van der Waals surface area contributed by atoms with Gasteiger partial charge in [-0.05, 0) is 51.7 Å². The second kappa shape index (κ2) is 11.7. The van der Waals surface area contributed by atoms with Crippen LogP contribution in [0.5, 0.6) is 0 Å². The van der Waals surface area contributed by atoms with Crippen molar-refractivity contribution in [3.05, 3.63) is 52.0 Å². The molecular weight excluding hydrogens is 527 g/mol. The number of aromatic nitrogens is 4. The van der Waals surface area contributed by atoms with E-state index in [0.29, 0.717) is 27.2 Å². The topological polar surface area (TPSA) is 139 Å². The van der Waals surface area contributed by atoms with Gasteiger partial charge in [-0.25, -0.2) is 0 Å². The van der Waals surface area contributed by atoms with E-state index in [9.17, 15) is 14.4 Å². The lowest BCUT2D eigenvalue weighted by Crippen LogP contribution is -2.16. The van der Waals surface area contributed by atoms with Crippen molar-refractivity contribution in [2.45, 2.75) is 44.2 Å². The highest BCUT2D eigenvalue weighted by Gasteiger charge is 2.19. The van der Waals surface area contributed by atoms with Gasteiger partial charge in [-0.2, -0.15) is 4.68 Å². The van der Waals surface area contributed by atoms with Crippen LogP contribution in [0.3, 0.4) is 0 Å². The van der Waals surface area contributed by atoms with Crippen LogP contribution >= 0.6 is 35.0 Å². The largest absolute Gasteiger partial charge is 0.481 e. The van der Waals surface area contributed by atoms with Gasteiger partial charge in [-0.1, -0.05) is 61.8 Å². The number of hydrogen-bond acceptors (Lipinski definition) is 7. The maximum Gasteiger partial charge on any atom is 0.303 e. The van der Waals surface area contributed by atoms with Gasteiger partial charge in [0.05, 0.1) is 33.6 Å². The third kappa shape index (κ3) is 7.42. The van der Waals surface area contributed by atoms with Crippen molar-refractivity contribution in [2.24, 2.45) is 0 Å². The number of anilines is 2. The lowest BCUT2D eigenvalue weighted by Gasteiger charge is -2.20. The van der Waals surface area contributed by atoms with Gasteiger partial charge in [0.25, 0.3) is 0 Å². The molecule has 36 heavy (non-hydrogen) atoms. The van der Waals surface area contributed by atoms with Crippen molar-refractivity contribution in [3.8, 4) is 5.69 Å². The van der Waals surface area contributed by atoms with Crippen LogP contribution in [-0.4, -0.2) is 48.9 Å². The Morgan fingerprint density at radius 1 is 1.00 bits per heavy atom. The lowest BCUT2D eigenvalue weighted by atomic mass is 9.87. The van der Waals surface area contributed by atoms with Crippen molar-refractivity contribution in [3.63, 3.8) is 0 Å². The van der Waals surface area contributed by atoms with Crippen LogP contribution in [0.25, 0.3) is 5.69 Å². The first-order chi connectivity index (χ1) is 16.9. The van der Waals surface area contributed by atoms with Gasteiger partial charge in [0.15, 0.2) is 0 Å². The molecule has 190 valence electrons. The summed E-state index contributed by atoms with van der Waals surface area (Å²) in [5.41, 5.74) is 2.34. The molecular formula is C23H24Cl2N6O4S. The molecule has 2 amide bonds. The van der Waals surface area contributed by atoms with Crippen molar-refractivity contribution in [1.29, 1.82) is 0 Å². The molecule has 10 nitrogen and oxygen atoms in total. The van der Waals surface area contributed by atoms with Crippen LogP contribution in [0, 0.1) is 0 Å². The first-order valence-corrected chi connectivity index (χ1v) is 12.5. The normalized spacial score (nSPS) is 11.2. The molecule has 1 aromatic heterocycles. The van der Waals surface area contributed by atoms with Crippen molar-refractivity contribution >= 4 is 64.1 Å². The minimum absolute atomic E-state index is 0.00206. The van der Waals surface area contributed by atoms with Crippen LogP contribution in [0.2, 0.25) is 10.0 Å². The van der Waals surface area contributed by atoms with E-state index in [4.69, 9.17) is 28.3 Å². The van der Waals surface area contributed by atoms with E-state index in [1.165, 1.54) is 16.8 Å². The molecule has 1 heterocycles. The number of hydrogen-bond donors (Lipinski definition) is 3. The van der Waals surface area contributed by atoms with Crippen LogP contribution < -0.4 is 10.6 Å². The lowest BCUT2D eigenvalue weighted by molar-refractivity contribution is -0.138. The quantitative estimate of drug-likeness (QED) is 0.323. The number of tetrazole rings is 1. The molecule has 3 rings (SSSR count). The zero-order valence-corrected chi connectivity index (χ0v) is 22.0. The van der Waals surface area contributed by atoms with Crippen LogP contribution in [0.15, 0.2) is 41.6 Å². The second-order valence-corrected chi connectivity index (χ2v) is 10.5. The molecule has 0 fully saturated rings. The molecule has 0 saturated carbocycles. The van der Waals surface area contributed by atoms with Crippen LogP contribution in [0.1, 0.15) is 39.2 Å². The summed E-state index contributed by atoms with van der Waals surface area (Å²) in [6, 6.07) is 10.2. The molecule has 0 aliphatic heterocycles. The molecule has 13 heteroatoms. The number of rotatable bonds is 9. The monoisotopic (exact) mass is 550 g/mol. The number of carbonyl (C=O) groups excluding carboxylic acids is 2. The highest BCUT2D eigenvalue weighted by atomic mass is 35.5. The fraction of sp³-hybridized carbons (Fsp3) is 0.304. The molecule has 3 aromatic rings. The highest BCUT2D eigenvalue weighted by Crippen LogP contribution is 2.31. The predicted molar refractivity (Wildman–Crippen MR) is 139 cm³/mol. The van der Waals surface area contributed by atoms with E-state index in [-0.39, 0.29) is 34.9 Å². The van der Waals surface area contributed by atoms with Gasteiger partial charge >= 0.3 is 5.97 Å². The molecule has 0 spiro atoms. The van der Waals surface area contributed by atoms with Gasteiger partial charge in [0.1, 0.15) is 0 Å². The maximum atomic E-state index is 12.5. The smallest absolute Gasteiger partial charge is 0.303 e. The molecule has 0 unspecified atom stereocenters. The Morgan fingerprint density at radius 2 is 1.75 bits per heavy atom. The van der Waals surface area contributed by atoms with Crippen molar-refractivity contribution in [1.82, 2.24) is 20.2 Å². The first kappa shape index (κ1) is 27.4. The molecule has 0 radical (unpaired) electrons. The highest BCUT2D eigenvalue weighted by molar-refractivity contribution is 7.99. The molecule has 0 saturated heterocycles. The number of nitrogens with one attached hydrogen (secondary N) is 2. The van der Waals surface area contributed by atoms with E-state index >= 15 is 0 Å². The number of benzene rings is 2. The summed E-state index contributed by atoms with van der Waals surface area (Å²) >= 11 is 13.9. The molecule has 0 bridgehead atoms. The standard InChI is InChI=1S/C23H24Cl2N6O4S/c1-23(2,3)13-4-7-18(16(25)10-13)31-22(28-29-30-31)36-12-20(33)27-17-6-5-14(11-15(17)24)26-19(32)8-9-21(34)35/h4-7,10-11H,8-9,12H2,1-3H3,(H,26,32)(H,27,33)(H,34,35). The third-order valence-electron chi connectivity index (χ3n) is 4.91.